The largest absolute Gasteiger partial charge is 0.480 e. The molecule has 1 aromatic carbocycles. The van der Waals surface area contributed by atoms with Gasteiger partial charge in [-0.15, -0.1) is 0 Å². The normalized spacial score (nSPS) is 14.1. The van der Waals surface area contributed by atoms with E-state index in [1.807, 2.05) is 13.8 Å². The molecule has 0 aromatic heterocycles. The van der Waals surface area contributed by atoms with Gasteiger partial charge < -0.3 is 43.4 Å². The molecule has 3 amide bonds. The third kappa shape index (κ3) is 12.2. The molecule has 206 valence electrons. The predicted molar refractivity (Wildman–Crippen MR) is 138 cm³/mol. The number of nitrogens with two attached hydrogens (primary N) is 3. The first-order valence-electron chi connectivity index (χ1n) is 12.0. The summed E-state index contributed by atoms with van der Waals surface area (Å²) in [6.07, 6.45) is 0.759. The van der Waals surface area contributed by atoms with E-state index in [2.05, 4.69) is 20.9 Å². The van der Waals surface area contributed by atoms with Crippen LogP contribution in [0.5, 0.6) is 0 Å². The van der Waals surface area contributed by atoms with E-state index in [1.165, 1.54) is 0 Å². The number of aliphatic imine (C=N–C) groups is 1. The lowest BCUT2D eigenvalue weighted by Crippen LogP contribution is -2.58. The van der Waals surface area contributed by atoms with Crippen LogP contribution < -0.4 is 33.2 Å². The van der Waals surface area contributed by atoms with Gasteiger partial charge in [0.05, 0.1) is 12.6 Å². The highest BCUT2D eigenvalue weighted by Crippen LogP contribution is 2.07. The molecule has 0 radical (unpaired) electrons. The summed E-state index contributed by atoms with van der Waals surface area (Å²) in [4.78, 5) is 53.8. The molecule has 0 spiro atoms. The molecule has 0 saturated heterocycles. The maximum atomic E-state index is 13.1. The topological polar surface area (TPSA) is 235 Å². The minimum atomic E-state index is -1.35. The average Bonchev–Trinajstić information content (AvgIpc) is 2.83. The number of benzene rings is 1. The zero-order chi connectivity index (χ0) is 28.0. The summed E-state index contributed by atoms with van der Waals surface area (Å²) in [7, 11) is 0. The number of guanidine groups is 1. The van der Waals surface area contributed by atoms with Crippen LogP contribution in [0, 0.1) is 5.92 Å². The molecule has 4 atom stereocenters. The summed E-state index contributed by atoms with van der Waals surface area (Å²) in [6, 6.07) is 4.10. The number of rotatable bonds is 16. The zero-order valence-corrected chi connectivity index (χ0v) is 21.2. The molecule has 0 aliphatic rings. The molecule has 13 nitrogen and oxygen atoms in total. The Hall–Kier alpha value is -3.71. The molecule has 4 unspecified atom stereocenters. The molecule has 0 bridgehead atoms. The maximum absolute atomic E-state index is 13.1. The highest BCUT2D eigenvalue weighted by atomic mass is 16.4. The number of carbonyl (C=O) groups is 4. The number of carbonyl (C=O) groups excluding carboxylic acids is 3. The maximum Gasteiger partial charge on any atom is 0.326 e. The number of hydrogen-bond acceptors (Lipinski definition) is 7. The van der Waals surface area contributed by atoms with E-state index in [1.54, 1.807) is 30.3 Å². The highest BCUT2D eigenvalue weighted by molar-refractivity contribution is 5.94. The van der Waals surface area contributed by atoms with Crippen molar-refractivity contribution in [2.24, 2.45) is 28.1 Å². The first kappa shape index (κ1) is 31.3. The van der Waals surface area contributed by atoms with Crippen LogP contribution >= 0.6 is 0 Å². The number of carboxylic acids is 1. The summed E-state index contributed by atoms with van der Waals surface area (Å²) < 4.78 is 0. The van der Waals surface area contributed by atoms with Crippen LogP contribution in [-0.2, 0) is 25.6 Å². The van der Waals surface area contributed by atoms with Gasteiger partial charge in [0.1, 0.15) is 18.1 Å². The number of aliphatic carboxylic acids is 1. The molecule has 37 heavy (non-hydrogen) atoms. The third-order valence-electron chi connectivity index (χ3n) is 5.35. The van der Waals surface area contributed by atoms with Crippen LogP contribution in [0.3, 0.4) is 0 Å². The fourth-order valence-electron chi connectivity index (χ4n) is 3.45. The Balaban J connectivity index is 2.98. The first-order valence-corrected chi connectivity index (χ1v) is 12.0. The van der Waals surface area contributed by atoms with Crippen molar-refractivity contribution >= 4 is 29.7 Å². The van der Waals surface area contributed by atoms with Crippen molar-refractivity contribution < 1.29 is 29.4 Å². The molecule has 0 aliphatic heterocycles. The SMILES string of the molecule is CC(C)CC(N)C(=O)NC(CO)C(=O)NC(Cc1ccccc1)C(=O)NC(CCCN=C(N)N)C(=O)O. The molecule has 0 aliphatic carbocycles. The van der Waals surface area contributed by atoms with Crippen molar-refractivity contribution in [1.29, 1.82) is 0 Å². The van der Waals surface area contributed by atoms with Crippen LogP contribution in [-0.4, -0.2) is 77.2 Å². The van der Waals surface area contributed by atoms with Gasteiger partial charge in [-0.1, -0.05) is 44.2 Å². The number of aliphatic hydroxyl groups is 1. The molecule has 1 aromatic rings. The molecular weight excluding hydrogens is 482 g/mol. The number of hydrogen-bond donors (Lipinski definition) is 8. The molecule has 0 heterocycles. The van der Waals surface area contributed by atoms with Gasteiger partial charge in [0.15, 0.2) is 5.96 Å². The number of nitrogens with zero attached hydrogens (tertiary/aromatic N) is 1. The zero-order valence-electron chi connectivity index (χ0n) is 21.2. The van der Waals surface area contributed by atoms with Crippen LogP contribution in [0.25, 0.3) is 0 Å². The standard InChI is InChI=1S/C24H39N7O6/c1-14(2)11-16(25)20(33)31-19(13-32)22(35)30-18(12-15-7-4-3-5-8-15)21(34)29-17(23(36)37)9-6-10-28-24(26)27/h3-5,7-8,14,16-19,32H,6,9-13,25H2,1-2H3,(H,29,34)(H,30,35)(H,31,33)(H,36,37)(H4,26,27,28). The average molecular weight is 522 g/mol. The lowest BCUT2D eigenvalue weighted by atomic mass is 10.0. The first-order chi connectivity index (χ1) is 17.4. The predicted octanol–water partition coefficient (Wildman–Crippen LogP) is -1.81. The van der Waals surface area contributed by atoms with Crippen LogP contribution in [0.15, 0.2) is 35.3 Å². The van der Waals surface area contributed by atoms with Crippen molar-refractivity contribution in [3.8, 4) is 0 Å². The summed E-state index contributed by atoms with van der Waals surface area (Å²) in [5.41, 5.74) is 17.1. The van der Waals surface area contributed by atoms with Gasteiger partial charge >= 0.3 is 5.97 Å². The van der Waals surface area contributed by atoms with E-state index >= 15 is 0 Å². The van der Waals surface area contributed by atoms with Crippen LogP contribution in [0.2, 0.25) is 0 Å². The second kappa shape index (κ2) is 16.1. The van der Waals surface area contributed by atoms with Gasteiger partial charge in [-0.05, 0) is 30.7 Å². The minimum absolute atomic E-state index is 0.0394. The monoisotopic (exact) mass is 521 g/mol. The van der Waals surface area contributed by atoms with Gasteiger partial charge in [-0.3, -0.25) is 19.4 Å². The minimum Gasteiger partial charge on any atom is -0.480 e. The molecule has 0 saturated carbocycles. The Kier molecular flexibility index (Phi) is 13.6. The number of aliphatic hydroxyl groups excluding tert-OH is 1. The van der Waals surface area contributed by atoms with Crippen molar-refractivity contribution in [1.82, 2.24) is 16.0 Å². The Morgan fingerprint density at radius 3 is 2.03 bits per heavy atom. The van der Waals surface area contributed by atoms with E-state index < -0.39 is 54.5 Å². The van der Waals surface area contributed by atoms with E-state index in [0.717, 1.165) is 0 Å². The smallest absolute Gasteiger partial charge is 0.326 e. The summed E-state index contributed by atoms with van der Waals surface area (Å²) in [6.45, 7) is 3.24. The lowest BCUT2D eigenvalue weighted by Gasteiger charge is -2.25. The fraction of sp³-hybridized carbons (Fsp3) is 0.542. The Morgan fingerprint density at radius 2 is 1.49 bits per heavy atom. The van der Waals surface area contributed by atoms with Gasteiger partial charge in [0.25, 0.3) is 0 Å². The lowest BCUT2D eigenvalue weighted by molar-refractivity contribution is -0.142. The summed E-state index contributed by atoms with van der Waals surface area (Å²) in [5.74, 6) is -3.42. The molecule has 1 rings (SSSR count). The Labute approximate surface area is 216 Å². The van der Waals surface area contributed by atoms with Gasteiger partial charge in [0, 0.05) is 13.0 Å². The van der Waals surface area contributed by atoms with Gasteiger partial charge in [-0.25, -0.2) is 4.79 Å². The van der Waals surface area contributed by atoms with Gasteiger partial charge in [-0.2, -0.15) is 0 Å². The summed E-state index contributed by atoms with van der Waals surface area (Å²) >= 11 is 0. The van der Waals surface area contributed by atoms with E-state index in [-0.39, 0.29) is 31.3 Å². The number of amides is 3. The Morgan fingerprint density at radius 1 is 0.919 bits per heavy atom. The number of nitrogens with one attached hydrogen (secondary N) is 3. The van der Waals surface area contributed by atoms with Crippen molar-refractivity contribution in [2.75, 3.05) is 13.2 Å². The highest BCUT2D eigenvalue weighted by Gasteiger charge is 2.30. The van der Waals surface area contributed by atoms with Crippen LogP contribution in [0.1, 0.15) is 38.7 Å². The fourth-order valence-corrected chi connectivity index (χ4v) is 3.45. The second-order valence-electron chi connectivity index (χ2n) is 9.08. The number of carboxylic acid groups (broad SMARTS) is 1. The molecule has 11 N–H and O–H groups in total. The Bertz CT molecular complexity index is 921. The van der Waals surface area contributed by atoms with E-state index in [4.69, 9.17) is 17.2 Å². The van der Waals surface area contributed by atoms with Crippen molar-refractivity contribution in [3.05, 3.63) is 35.9 Å². The molecule has 13 heteroatoms. The molecule has 0 fully saturated rings. The summed E-state index contributed by atoms with van der Waals surface area (Å²) in [5, 5.41) is 26.6. The third-order valence-corrected chi connectivity index (χ3v) is 5.35. The van der Waals surface area contributed by atoms with E-state index in [0.29, 0.717) is 18.4 Å². The molecular formula is C24H39N7O6. The van der Waals surface area contributed by atoms with Crippen molar-refractivity contribution in [3.63, 3.8) is 0 Å². The van der Waals surface area contributed by atoms with Crippen LogP contribution in [0.4, 0.5) is 0 Å². The van der Waals surface area contributed by atoms with E-state index in [9.17, 15) is 29.4 Å². The quantitative estimate of drug-likeness (QED) is 0.0694. The van der Waals surface area contributed by atoms with Gasteiger partial charge in [0.2, 0.25) is 17.7 Å². The van der Waals surface area contributed by atoms with Crippen molar-refractivity contribution in [2.45, 2.75) is 63.7 Å². The second-order valence-corrected chi connectivity index (χ2v) is 9.08.